The fraction of sp³-hybridized carbons (Fsp3) is 0.214. The van der Waals surface area contributed by atoms with Crippen LogP contribution in [0.5, 0.6) is 0 Å². The Balaban J connectivity index is 2.31. The molecule has 0 saturated carbocycles. The van der Waals surface area contributed by atoms with E-state index in [1.54, 1.807) is 0 Å². The topological polar surface area (TPSA) is 48.5 Å². The number of likely N-dealkylation sites (N-methyl/N-ethyl adjacent to an activating group) is 1. The lowest BCUT2D eigenvalue weighted by molar-refractivity contribution is 0.849. The van der Waals surface area contributed by atoms with Crippen LogP contribution in [0, 0.1) is 0 Å². The van der Waals surface area contributed by atoms with Gasteiger partial charge in [-0.15, -0.1) is 0 Å². The van der Waals surface area contributed by atoms with E-state index in [9.17, 15) is 0 Å². The van der Waals surface area contributed by atoms with Gasteiger partial charge in [0.25, 0.3) is 0 Å². The lowest BCUT2D eigenvalue weighted by Crippen LogP contribution is -2.30. The summed E-state index contributed by atoms with van der Waals surface area (Å²) in [4.78, 5) is 4.50. The van der Waals surface area contributed by atoms with Crippen molar-refractivity contribution in [3.8, 4) is 0 Å². The summed E-state index contributed by atoms with van der Waals surface area (Å²) in [5.74, 6) is 1.69. The van der Waals surface area contributed by atoms with Gasteiger partial charge in [0.1, 0.15) is 11.7 Å². The molecule has 4 nitrogen and oxygen atoms in total. The lowest BCUT2D eigenvalue weighted by atomic mass is 10.1. The van der Waals surface area contributed by atoms with Crippen LogP contribution in [-0.4, -0.2) is 19.4 Å². The highest BCUT2D eigenvalue weighted by molar-refractivity contribution is 5.85. The van der Waals surface area contributed by atoms with Gasteiger partial charge in [-0.2, -0.15) is 0 Å². The van der Waals surface area contributed by atoms with Crippen molar-refractivity contribution in [2.45, 2.75) is 6.92 Å². The third-order valence-electron chi connectivity index (χ3n) is 2.65. The number of aliphatic imine (C=N–C) groups is 1. The Bertz CT molecular complexity index is 500. The molecule has 1 aromatic carbocycles. The molecule has 0 amide bonds. The zero-order valence-corrected chi connectivity index (χ0v) is 10.7. The van der Waals surface area contributed by atoms with Gasteiger partial charge >= 0.3 is 0 Å². The first kappa shape index (κ1) is 12.4. The SMILES string of the molecule is C=C1NC(C)=NC(Nc2ccccc2)=C1CNC. The van der Waals surface area contributed by atoms with Crippen molar-refractivity contribution >= 4 is 11.5 Å². The molecule has 0 atom stereocenters. The summed E-state index contributed by atoms with van der Waals surface area (Å²) in [6, 6.07) is 10.0. The highest BCUT2D eigenvalue weighted by atomic mass is 15.1. The van der Waals surface area contributed by atoms with Crippen molar-refractivity contribution in [1.82, 2.24) is 10.6 Å². The molecule has 4 heteroatoms. The minimum absolute atomic E-state index is 0.720. The number of benzene rings is 1. The molecule has 1 aliphatic heterocycles. The van der Waals surface area contributed by atoms with Crippen molar-refractivity contribution in [3.63, 3.8) is 0 Å². The molecule has 0 unspecified atom stereocenters. The quantitative estimate of drug-likeness (QED) is 0.757. The maximum atomic E-state index is 4.50. The Kier molecular flexibility index (Phi) is 3.79. The summed E-state index contributed by atoms with van der Waals surface area (Å²) < 4.78 is 0. The molecule has 94 valence electrons. The van der Waals surface area contributed by atoms with E-state index in [0.717, 1.165) is 35.2 Å². The van der Waals surface area contributed by atoms with Gasteiger partial charge in [-0.05, 0) is 26.1 Å². The van der Waals surface area contributed by atoms with E-state index >= 15 is 0 Å². The molecule has 3 N–H and O–H groups in total. The van der Waals surface area contributed by atoms with Gasteiger partial charge in [0.2, 0.25) is 0 Å². The van der Waals surface area contributed by atoms with E-state index in [2.05, 4.69) is 27.5 Å². The third-order valence-corrected chi connectivity index (χ3v) is 2.65. The first-order valence-electron chi connectivity index (χ1n) is 5.92. The first-order chi connectivity index (χ1) is 8.70. The number of hydrogen-bond donors (Lipinski definition) is 3. The van der Waals surface area contributed by atoms with E-state index in [1.807, 2.05) is 44.3 Å². The Hall–Kier alpha value is -2.07. The third kappa shape index (κ3) is 2.78. The number of rotatable bonds is 4. The van der Waals surface area contributed by atoms with Crippen molar-refractivity contribution in [3.05, 3.63) is 54.0 Å². The molecule has 18 heavy (non-hydrogen) atoms. The first-order valence-corrected chi connectivity index (χ1v) is 5.92. The van der Waals surface area contributed by atoms with Crippen LogP contribution in [0.3, 0.4) is 0 Å². The van der Waals surface area contributed by atoms with Crippen LogP contribution in [0.4, 0.5) is 5.69 Å². The second-order valence-corrected chi connectivity index (χ2v) is 4.15. The smallest absolute Gasteiger partial charge is 0.139 e. The normalized spacial score (nSPS) is 15.2. The maximum absolute atomic E-state index is 4.50. The van der Waals surface area contributed by atoms with Crippen LogP contribution in [-0.2, 0) is 0 Å². The van der Waals surface area contributed by atoms with Gasteiger partial charge in [0, 0.05) is 23.5 Å². The molecule has 0 fully saturated rings. The van der Waals surface area contributed by atoms with Gasteiger partial charge in [-0.25, -0.2) is 4.99 Å². The summed E-state index contributed by atoms with van der Waals surface area (Å²) in [7, 11) is 1.91. The number of nitrogens with one attached hydrogen (secondary N) is 3. The van der Waals surface area contributed by atoms with Crippen molar-refractivity contribution in [2.75, 3.05) is 18.9 Å². The number of hydrogen-bond acceptors (Lipinski definition) is 4. The van der Waals surface area contributed by atoms with Crippen LogP contribution in [0.25, 0.3) is 0 Å². The summed E-state index contributed by atoms with van der Waals surface area (Å²) in [5.41, 5.74) is 2.95. The van der Waals surface area contributed by atoms with E-state index in [1.165, 1.54) is 0 Å². The molecule has 1 aromatic rings. The zero-order chi connectivity index (χ0) is 13.0. The van der Waals surface area contributed by atoms with Gasteiger partial charge in [0.05, 0.1) is 0 Å². The van der Waals surface area contributed by atoms with Gasteiger partial charge < -0.3 is 16.0 Å². The van der Waals surface area contributed by atoms with Gasteiger partial charge in [0.15, 0.2) is 0 Å². The second-order valence-electron chi connectivity index (χ2n) is 4.15. The number of nitrogens with zero attached hydrogens (tertiary/aromatic N) is 1. The summed E-state index contributed by atoms with van der Waals surface area (Å²) in [5, 5.41) is 9.61. The summed E-state index contributed by atoms with van der Waals surface area (Å²) >= 11 is 0. The lowest BCUT2D eigenvalue weighted by Gasteiger charge is -2.22. The highest BCUT2D eigenvalue weighted by Crippen LogP contribution is 2.19. The molecule has 1 heterocycles. The Morgan fingerprint density at radius 2 is 2.00 bits per heavy atom. The zero-order valence-electron chi connectivity index (χ0n) is 10.7. The van der Waals surface area contributed by atoms with E-state index in [0.29, 0.717) is 0 Å². The fourth-order valence-electron chi connectivity index (χ4n) is 1.83. The minimum Gasteiger partial charge on any atom is -0.344 e. The Morgan fingerprint density at radius 3 is 2.67 bits per heavy atom. The molecular weight excluding hydrogens is 224 g/mol. The number of para-hydroxylation sites is 1. The van der Waals surface area contributed by atoms with E-state index in [4.69, 9.17) is 0 Å². The predicted octanol–water partition coefficient (Wildman–Crippen LogP) is 2.06. The van der Waals surface area contributed by atoms with Crippen LogP contribution >= 0.6 is 0 Å². The Labute approximate surface area is 108 Å². The van der Waals surface area contributed by atoms with Crippen LogP contribution in [0.15, 0.2) is 59.0 Å². The molecular formula is C14H18N4. The van der Waals surface area contributed by atoms with Crippen molar-refractivity contribution in [1.29, 1.82) is 0 Å². The predicted molar refractivity (Wildman–Crippen MR) is 76.4 cm³/mol. The molecule has 0 bridgehead atoms. The molecule has 0 saturated heterocycles. The molecule has 0 radical (unpaired) electrons. The fourth-order valence-corrected chi connectivity index (χ4v) is 1.83. The average Bonchev–Trinajstić information content (AvgIpc) is 2.35. The van der Waals surface area contributed by atoms with Crippen molar-refractivity contribution in [2.24, 2.45) is 4.99 Å². The van der Waals surface area contributed by atoms with Crippen LogP contribution in [0.1, 0.15) is 6.92 Å². The Morgan fingerprint density at radius 1 is 1.28 bits per heavy atom. The highest BCUT2D eigenvalue weighted by Gasteiger charge is 2.15. The van der Waals surface area contributed by atoms with Crippen molar-refractivity contribution < 1.29 is 0 Å². The molecule has 0 aromatic heterocycles. The second kappa shape index (κ2) is 5.51. The van der Waals surface area contributed by atoms with Gasteiger partial charge in [-0.1, -0.05) is 24.8 Å². The van der Waals surface area contributed by atoms with Crippen LogP contribution < -0.4 is 16.0 Å². The molecule has 1 aliphatic rings. The maximum Gasteiger partial charge on any atom is 0.139 e. The minimum atomic E-state index is 0.720. The average molecular weight is 242 g/mol. The monoisotopic (exact) mass is 242 g/mol. The largest absolute Gasteiger partial charge is 0.344 e. The molecule has 0 spiro atoms. The standard InChI is InChI=1S/C14H18N4/c1-10-13(9-15-3)14(17-11(2)16-10)18-12-7-5-4-6-8-12/h4-8,15,18H,1,9H2,2-3H3,(H,16,17). The number of amidine groups is 1. The molecule has 0 aliphatic carbocycles. The van der Waals surface area contributed by atoms with E-state index in [-0.39, 0.29) is 0 Å². The summed E-state index contributed by atoms with van der Waals surface area (Å²) in [6.07, 6.45) is 0. The summed E-state index contributed by atoms with van der Waals surface area (Å²) in [6.45, 7) is 6.67. The van der Waals surface area contributed by atoms with Gasteiger partial charge in [-0.3, -0.25) is 0 Å². The molecule has 2 rings (SSSR count). The van der Waals surface area contributed by atoms with E-state index < -0.39 is 0 Å². The van der Waals surface area contributed by atoms with Crippen LogP contribution in [0.2, 0.25) is 0 Å². The number of anilines is 1.